The van der Waals surface area contributed by atoms with Gasteiger partial charge in [-0.3, -0.25) is 4.31 Å². The average Bonchev–Trinajstić information content (AvgIpc) is 3.00. The minimum Gasteiger partial charge on any atom is -0.477 e. The number of sulfonamides is 1. The lowest BCUT2D eigenvalue weighted by Crippen LogP contribution is -2.29. The van der Waals surface area contributed by atoms with Gasteiger partial charge in [0.05, 0.1) is 14.8 Å². The van der Waals surface area contributed by atoms with Gasteiger partial charge in [0, 0.05) is 12.6 Å². The van der Waals surface area contributed by atoms with Crippen LogP contribution in [0.15, 0.2) is 20.6 Å². The lowest BCUT2D eigenvalue weighted by Gasteiger charge is -2.25. The topological polar surface area (TPSA) is 74.7 Å². The maximum Gasteiger partial charge on any atom is 0.346 e. The van der Waals surface area contributed by atoms with Gasteiger partial charge in [-0.15, -0.1) is 34.4 Å². The van der Waals surface area contributed by atoms with Crippen molar-refractivity contribution in [1.29, 1.82) is 0 Å². The molecule has 1 N–H and O–H groups in total. The highest BCUT2D eigenvalue weighted by Gasteiger charge is 2.40. The Labute approximate surface area is 127 Å². The van der Waals surface area contributed by atoms with E-state index in [1.54, 1.807) is 17.7 Å². The second kappa shape index (κ2) is 4.48. The second-order valence-electron chi connectivity index (χ2n) is 4.04. The molecule has 20 heavy (non-hydrogen) atoms. The van der Waals surface area contributed by atoms with E-state index < -0.39 is 16.0 Å². The first-order valence-electron chi connectivity index (χ1n) is 5.40. The molecule has 0 radical (unpaired) electrons. The van der Waals surface area contributed by atoms with Gasteiger partial charge in [-0.1, -0.05) is 0 Å². The van der Waals surface area contributed by atoms with Gasteiger partial charge >= 0.3 is 5.97 Å². The standard InChI is InChI=1S/C11H9NO4S4/c1-12-5-3-4-18-7(5)6-8(10(13)14)19-11(17-2)9(6)20(12,15)16/h3-4H,1-2H3,(H,13,14). The molecule has 2 aromatic heterocycles. The van der Waals surface area contributed by atoms with Gasteiger partial charge in [0.25, 0.3) is 10.0 Å². The maximum absolute atomic E-state index is 12.6. The molecule has 2 aromatic rings. The van der Waals surface area contributed by atoms with Crippen molar-refractivity contribution in [2.24, 2.45) is 0 Å². The molecule has 0 saturated heterocycles. The predicted octanol–water partition coefficient (Wildman–Crippen LogP) is 3.04. The monoisotopic (exact) mass is 347 g/mol. The summed E-state index contributed by atoms with van der Waals surface area (Å²) in [6.07, 6.45) is 1.75. The van der Waals surface area contributed by atoms with E-state index >= 15 is 0 Å². The van der Waals surface area contributed by atoms with Crippen molar-refractivity contribution in [3.8, 4) is 10.4 Å². The third-order valence-electron chi connectivity index (χ3n) is 3.04. The molecule has 0 spiro atoms. The van der Waals surface area contributed by atoms with Gasteiger partial charge in [0.1, 0.15) is 9.77 Å². The summed E-state index contributed by atoms with van der Waals surface area (Å²) in [6.45, 7) is 0. The van der Waals surface area contributed by atoms with Gasteiger partial charge < -0.3 is 5.11 Å². The Morgan fingerprint density at radius 3 is 2.75 bits per heavy atom. The van der Waals surface area contributed by atoms with Crippen LogP contribution in [0.25, 0.3) is 10.4 Å². The molecule has 1 aliphatic heterocycles. The number of thioether (sulfide) groups is 1. The number of nitrogens with zero attached hydrogens (tertiary/aromatic N) is 1. The zero-order valence-electron chi connectivity index (χ0n) is 10.4. The molecule has 0 aliphatic carbocycles. The third-order valence-corrected chi connectivity index (χ3v) is 8.36. The molecule has 0 bridgehead atoms. The normalized spacial score (nSPS) is 15.8. The first-order valence-corrected chi connectivity index (χ1v) is 9.76. The van der Waals surface area contributed by atoms with E-state index in [9.17, 15) is 18.3 Å². The number of aromatic carboxylic acids is 1. The number of carboxylic acid groups (broad SMARTS) is 1. The number of anilines is 1. The van der Waals surface area contributed by atoms with Gasteiger partial charge in [-0.05, 0) is 17.7 Å². The molecule has 0 fully saturated rings. The summed E-state index contributed by atoms with van der Waals surface area (Å²) in [5.74, 6) is -1.09. The smallest absolute Gasteiger partial charge is 0.346 e. The van der Waals surface area contributed by atoms with Crippen LogP contribution in [0.3, 0.4) is 0 Å². The summed E-state index contributed by atoms with van der Waals surface area (Å²) in [7, 11) is -2.20. The first-order chi connectivity index (χ1) is 9.39. The fourth-order valence-corrected chi connectivity index (χ4v) is 7.37. The Kier molecular flexibility index (Phi) is 3.12. The van der Waals surface area contributed by atoms with E-state index in [0.29, 0.717) is 20.3 Å². The number of carboxylic acids is 1. The predicted molar refractivity (Wildman–Crippen MR) is 82.0 cm³/mol. The summed E-state index contributed by atoms with van der Waals surface area (Å²) in [4.78, 5) is 12.3. The van der Waals surface area contributed by atoms with E-state index in [1.807, 2.05) is 0 Å². The second-order valence-corrected chi connectivity index (χ2v) is 8.96. The van der Waals surface area contributed by atoms with Crippen LogP contribution in [0, 0.1) is 0 Å². The molecule has 9 heteroatoms. The van der Waals surface area contributed by atoms with Crippen molar-refractivity contribution in [2.75, 3.05) is 17.6 Å². The molecule has 0 unspecified atom stereocenters. The van der Waals surface area contributed by atoms with Crippen LogP contribution in [0.5, 0.6) is 0 Å². The number of rotatable bonds is 2. The van der Waals surface area contributed by atoms with Crippen molar-refractivity contribution in [1.82, 2.24) is 0 Å². The van der Waals surface area contributed by atoms with Crippen LogP contribution in [0.1, 0.15) is 9.67 Å². The van der Waals surface area contributed by atoms with Crippen LogP contribution >= 0.6 is 34.4 Å². The molecule has 5 nitrogen and oxygen atoms in total. The van der Waals surface area contributed by atoms with Crippen molar-refractivity contribution in [3.05, 3.63) is 16.3 Å². The Morgan fingerprint density at radius 1 is 1.45 bits per heavy atom. The van der Waals surface area contributed by atoms with E-state index in [2.05, 4.69) is 0 Å². The highest BCUT2D eigenvalue weighted by molar-refractivity contribution is 8.01. The van der Waals surface area contributed by atoms with Crippen molar-refractivity contribution in [2.45, 2.75) is 9.10 Å². The van der Waals surface area contributed by atoms with Gasteiger partial charge in [-0.25, -0.2) is 13.2 Å². The lowest BCUT2D eigenvalue weighted by molar-refractivity contribution is 0.0703. The van der Waals surface area contributed by atoms with E-state index in [0.717, 1.165) is 11.3 Å². The van der Waals surface area contributed by atoms with Crippen LogP contribution in [0.2, 0.25) is 0 Å². The minimum absolute atomic E-state index is 0.0877. The summed E-state index contributed by atoms with van der Waals surface area (Å²) in [5.41, 5.74) is 0.880. The fraction of sp³-hybridized carbons (Fsp3) is 0.182. The van der Waals surface area contributed by atoms with Crippen LogP contribution in [-0.2, 0) is 10.0 Å². The van der Waals surface area contributed by atoms with Crippen LogP contribution in [0.4, 0.5) is 5.69 Å². The average molecular weight is 347 g/mol. The number of fused-ring (bicyclic) bond motifs is 3. The summed E-state index contributed by atoms with van der Waals surface area (Å²) in [6, 6.07) is 1.70. The Bertz CT molecular complexity index is 818. The van der Waals surface area contributed by atoms with Crippen LogP contribution < -0.4 is 4.31 Å². The number of carbonyl (C=O) groups is 1. The molecular weight excluding hydrogens is 338 g/mol. The minimum atomic E-state index is -3.69. The Balaban J connectivity index is 2.49. The Morgan fingerprint density at radius 2 is 2.15 bits per heavy atom. The molecule has 0 saturated carbocycles. The quantitative estimate of drug-likeness (QED) is 0.845. The molecule has 0 atom stereocenters. The maximum atomic E-state index is 12.6. The molecule has 106 valence electrons. The molecule has 3 rings (SSSR count). The third kappa shape index (κ3) is 1.67. The van der Waals surface area contributed by atoms with Crippen molar-refractivity contribution >= 4 is 56.1 Å². The molecular formula is C11H9NO4S4. The fourth-order valence-electron chi connectivity index (χ4n) is 2.12. The lowest BCUT2D eigenvalue weighted by atomic mass is 10.2. The highest BCUT2D eigenvalue weighted by atomic mass is 32.2. The van der Waals surface area contributed by atoms with Gasteiger partial charge in [0.2, 0.25) is 0 Å². The van der Waals surface area contributed by atoms with Crippen LogP contribution in [-0.4, -0.2) is 32.8 Å². The molecule has 3 heterocycles. The van der Waals surface area contributed by atoms with Crippen molar-refractivity contribution in [3.63, 3.8) is 0 Å². The number of hydrogen-bond donors (Lipinski definition) is 1. The molecule has 1 aliphatic rings. The number of thiophene rings is 2. The van der Waals surface area contributed by atoms with E-state index in [-0.39, 0.29) is 9.77 Å². The Hall–Kier alpha value is -1.03. The van der Waals surface area contributed by atoms with Gasteiger partial charge in [-0.2, -0.15) is 0 Å². The largest absolute Gasteiger partial charge is 0.477 e. The first kappa shape index (κ1) is 13.9. The zero-order chi connectivity index (χ0) is 14.7. The van der Waals surface area contributed by atoms with E-state index in [4.69, 9.17) is 0 Å². The number of hydrogen-bond acceptors (Lipinski definition) is 6. The highest BCUT2D eigenvalue weighted by Crippen LogP contribution is 2.53. The van der Waals surface area contributed by atoms with E-state index in [1.165, 1.54) is 34.5 Å². The zero-order valence-corrected chi connectivity index (χ0v) is 13.7. The van der Waals surface area contributed by atoms with Gasteiger partial charge in [0.15, 0.2) is 0 Å². The van der Waals surface area contributed by atoms with Crippen molar-refractivity contribution < 1.29 is 18.3 Å². The summed E-state index contributed by atoms with van der Waals surface area (Å²) < 4.78 is 27.0. The SMILES string of the molecule is CSc1sc(C(=O)O)c2c1S(=O)(=O)N(C)c1ccsc1-2. The molecule has 0 aromatic carbocycles. The molecule has 0 amide bonds. The summed E-state index contributed by atoms with van der Waals surface area (Å²) in [5, 5.41) is 11.1. The summed E-state index contributed by atoms with van der Waals surface area (Å²) >= 11 is 3.63.